The van der Waals surface area contributed by atoms with E-state index in [0.29, 0.717) is 39.4 Å². The molecule has 1 unspecified atom stereocenters. The third kappa shape index (κ3) is 4.71. The van der Waals surface area contributed by atoms with Crippen LogP contribution < -0.4 is 16.4 Å². The standard InChI is InChI=1S/C22H19ClN6O2/c23-16-3-1-2-13(10-16)11-26-22(31)19(24)14-4-6-15(7-5-14)21(30)28-18-8-9-25-20-17(18)12-27-29-20/h1-10,12,19H,11,24H2,(H,26,31)(H2,25,27,28,29,30). The maximum atomic E-state index is 12.6. The Morgan fingerprint density at radius 2 is 1.94 bits per heavy atom. The maximum absolute atomic E-state index is 12.6. The zero-order chi connectivity index (χ0) is 21.8. The number of nitrogens with one attached hydrogen (secondary N) is 3. The van der Waals surface area contributed by atoms with Crippen LogP contribution in [0.25, 0.3) is 11.0 Å². The van der Waals surface area contributed by atoms with E-state index >= 15 is 0 Å². The number of fused-ring (bicyclic) bond motifs is 1. The highest BCUT2D eigenvalue weighted by atomic mass is 35.5. The predicted molar refractivity (Wildman–Crippen MR) is 119 cm³/mol. The summed E-state index contributed by atoms with van der Waals surface area (Å²) in [6, 6.07) is 14.7. The van der Waals surface area contributed by atoms with Crippen molar-refractivity contribution in [2.75, 3.05) is 5.32 Å². The van der Waals surface area contributed by atoms with E-state index in [1.54, 1.807) is 54.9 Å². The fourth-order valence-corrected chi connectivity index (χ4v) is 3.31. The van der Waals surface area contributed by atoms with E-state index in [4.69, 9.17) is 17.3 Å². The number of hydrogen-bond acceptors (Lipinski definition) is 5. The minimum Gasteiger partial charge on any atom is -0.350 e. The van der Waals surface area contributed by atoms with Gasteiger partial charge in [-0.3, -0.25) is 14.7 Å². The molecule has 2 heterocycles. The molecule has 1 atom stereocenters. The first-order chi connectivity index (χ1) is 15.0. The van der Waals surface area contributed by atoms with Gasteiger partial charge in [0.1, 0.15) is 6.04 Å². The van der Waals surface area contributed by atoms with Gasteiger partial charge in [-0.05, 0) is 41.5 Å². The number of aromatic amines is 1. The maximum Gasteiger partial charge on any atom is 0.255 e. The fraction of sp³-hybridized carbons (Fsp3) is 0.0909. The second-order valence-electron chi connectivity index (χ2n) is 6.89. The Bertz CT molecular complexity index is 1240. The number of halogens is 1. The van der Waals surface area contributed by atoms with E-state index in [0.717, 1.165) is 5.56 Å². The van der Waals surface area contributed by atoms with Crippen LogP contribution in [0.4, 0.5) is 5.69 Å². The fourth-order valence-electron chi connectivity index (χ4n) is 3.09. The van der Waals surface area contributed by atoms with E-state index in [-0.39, 0.29) is 11.8 Å². The molecule has 156 valence electrons. The number of hydrogen-bond donors (Lipinski definition) is 4. The first kappa shape index (κ1) is 20.5. The summed E-state index contributed by atoms with van der Waals surface area (Å²) in [6.45, 7) is 0.321. The molecule has 31 heavy (non-hydrogen) atoms. The summed E-state index contributed by atoms with van der Waals surface area (Å²) in [5, 5.41) is 13.6. The number of benzene rings is 2. The zero-order valence-electron chi connectivity index (χ0n) is 16.3. The van der Waals surface area contributed by atoms with Gasteiger partial charge in [-0.25, -0.2) is 4.98 Å². The number of nitrogens with two attached hydrogens (primary N) is 1. The molecule has 2 aromatic heterocycles. The zero-order valence-corrected chi connectivity index (χ0v) is 17.1. The molecule has 0 spiro atoms. The molecule has 0 aliphatic rings. The molecule has 0 fully saturated rings. The van der Waals surface area contributed by atoms with Gasteiger partial charge in [-0.2, -0.15) is 5.10 Å². The predicted octanol–water partition coefficient (Wildman–Crippen LogP) is 3.18. The van der Waals surface area contributed by atoms with Crippen LogP contribution in [0.3, 0.4) is 0 Å². The SMILES string of the molecule is NC(C(=O)NCc1cccc(Cl)c1)c1ccc(C(=O)Nc2ccnc3[nH]ncc23)cc1. The Labute approximate surface area is 182 Å². The second-order valence-corrected chi connectivity index (χ2v) is 7.33. The molecule has 5 N–H and O–H groups in total. The summed E-state index contributed by atoms with van der Waals surface area (Å²) in [5.74, 6) is -0.615. The Hall–Kier alpha value is -3.75. The molecule has 2 aromatic carbocycles. The van der Waals surface area contributed by atoms with Crippen molar-refractivity contribution in [2.45, 2.75) is 12.6 Å². The summed E-state index contributed by atoms with van der Waals surface area (Å²) in [7, 11) is 0. The van der Waals surface area contributed by atoms with Crippen LogP contribution >= 0.6 is 11.6 Å². The molecule has 0 saturated carbocycles. The number of pyridine rings is 1. The van der Waals surface area contributed by atoms with Gasteiger partial charge in [-0.1, -0.05) is 35.9 Å². The van der Waals surface area contributed by atoms with Crippen LogP contribution in [-0.2, 0) is 11.3 Å². The number of rotatable bonds is 6. The number of amides is 2. The van der Waals surface area contributed by atoms with Gasteiger partial charge >= 0.3 is 0 Å². The molecule has 0 aliphatic carbocycles. The number of nitrogens with zero attached hydrogens (tertiary/aromatic N) is 2. The Balaban J connectivity index is 1.39. The topological polar surface area (TPSA) is 126 Å². The molecular weight excluding hydrogens is 416 g/mol. The van der Waals surface area contributed by atoms with Crippen molar-refractivity contribution in [3.05, 3.63) is 88.7 Å². The molecular formula is C22H19ClN6O2. The van der Waals surface area contributed by atoms with Crippen molar-refractivity contribution < 1.29 is 9.59 Å². The lowest BCUT2D eigenvalue weighted by Gasteiger charge is -2.13. The average molecular weight is 435 g/mol. The Morgan fingerprint density at radius 3 is 2.71 bits per heavy atom. The van der Waals surface area contributed by atoms with Crippen LogP contribution in [0, 0.1) is 0 Å². The summed E-state index contributed by atoms with van der Waals surface area (Å²) >= 11 is 5.96. The Kier molecular flexibility index (Phi) is 5.92. The van der Waals surface area contributed by atoms with Crippen LogP contribution in [-0.4, -0.2) is 27.0 Å². The number of carbonyl (C=O) groups excluding carboxylic acids is 2. The van der Waals surface area contributed by atoms with E-state index in [1.807, 2.05) is 12.1 Å². The van der Waals surface area contributed by atoms with Gasteiger partial charge in [0.15, 0.2) is 5.65 Å². The molecule has 4 rings (SSSR count). The van der Waals surface area contributed by atoms with Gasteiger partial charge in [0.2, 0.25) is 5.91 Å². The van der Waals surface area contributed by atoms with Gasteiger partial charge < -0.3 is 16.4 Å². The molecule has 0 bridgehead atoms. The van der Waals surface area contributed by atoms with Crippen molar-refractivity contribution in [2.24, 2.45) is 5.73 Å². The second kappa shape index (κ2) is 8.95. The smallest absolute Gasteiger partial charge is 0.255 e. The van der Waals surface area contributed by atoms with Gasteiger partial charge in [0.25, 0.3) is 5.91 Å². The van der Waals surface area contributed by atoms with Crippen LogP contribution in [0.1, 0.15) is 27.5 Å². The normalized spacial score (nSPS) is 11.8. The van der Waals surface area contributed by atoms with Crippen molar-refractivity contribution in [1.29, 1.82) is 0 Å². The average Bonchev–Trinajstić information content (AvgIpc) is 3.27. The molecule has 0 radical (unpaired) electrons. The van der Waals surface area contributed by atoms with Gasteiger partial charge in [-0.15, -0.1) is 0 Å². The molecule has 8 nitrogen and oxygen atoms in total. The lowest BCUT2D eigenvalue weighted by atomic mass is 10.0. The molecule has 2 amide bonds. The Morgan fingerprint density at radius 1 is 1.13 bits per heavy atom. The minimum atomic E-state index is -0.859. The first-order valence-corrected chi connectivity index (χ1v) is 9.86. The number of aromatic nitrogens is 3. The number of carbonyl (C=O) groups is 2. The van der Waals surface area contributed by atoms with Crippen molar-refractivity contribution >= 4 is 40.1 Å². The monoisotopic (exact) mass is 434 g/mol. The molecule has 9 heteroatoms. The van der Waals surface area contributed by atoms with E-state index in [9.17, 15) is 9.59 Å². The number of anilines is 1. The number of H-pyrrole nitrogens is 1. The van der Waals surface area contributed by atoms with E-state index < -0.39 is 6.04 Å². The quantitative estimate of drug-likeness (QED) is 0.371. The van der Waals surface area contributed by atoms with Gasteiger partial charge in [0, 0.05) is 23.3 Å². The molecule has 4 aromatic rings. The summed E-state index contributed by atoms with van der Waals surface area (Å²) in [5.41, 5.74) is 9.17. The minimum absolute atomic E-state index is 0.292. The third-order valence-electron chi connectivity index (χ3n) is 4.77. The lowest BCUT2D eigenvalue weighted by molar-refractivity contribution is -0.122. The van der Waals surface area contributed by atoms with E-state index in [2.05, 4.69) is 25.8 Å². The third-order valence-corrected chi connectivity index (χ3v) is 5.01. The summed E-state index contributed by atoms with van der Waals surface area (Å²) < 4.78 is 0. The van der Waals surface area contributed by atoms with Crippen LogP contribution in [0.5, 0.6) is 0 Å². The first-order valence-electron chi connectivity index (χ1n) is 9.48. The van der Waals surface area contributed by atoms with Crippen LogP contribution in [0.2, 0.25) is 5.02 Å². The molecule has 0 saturated heterocycles. The highest BCUT2D eigenvalue weighted by molar-refractivity contribution is 6.30. The van der Waals surface area contributed by atoms with Crippen molar-refractivity contribution in [3.8, 4) is 0 Å². The van der Waals surface area contributed by atoms with Crippen LogP contribution in [0.15, 0.2) is 67.0 Å². The highest BCUT2D eigenvalue weighted by Crippen LogP contribution is 2.20. The largest absolute Gasteiger partial charge is 0.350 e. The van der Waals surface area contributed by atoms with Crippen molar-refractivity contribution in [1.82, 2.24) is 20.5 Å². The van der Waals surface area contributed by atoms with Crippen molar-refractivity contribution in [3.63, 3.8) is 0 Å². The highest BCUT2D eigenvalue weighted by Gasteiger charge is 2.17. The molecule has 0 aliphatic heterocycles. The lowest BCUT2D eigenvalue weighted by Crippen LogP contribution is -2.33. The summed E-state index contributed by atoms with van der Waals surface area (Å²) in [4.78, 5) is 29.1. The van der Waals surface area contributed by atoms with E-state index in [1.165, 1.54) is 0 Å². The van der Waals surface area contributed by atoms with Gasteiger partial charge in [0.05, 0.1) is 17.3 Å². The summed E-state index contributed by atoms with van der Waals surface area (Å²) in [6.07, 6.45) is 3.18.